The van der Waals surface area contributed by atoms with Crippen LogP contribution in [-0.4, -0.2) is 66.2 Å². The van der Waals surface area contributed by atoms with E-state index in [9.17, 15) is 18.4 Å². The number of hydrogen-bond acceptors (Lipinski definition) is 11. The molecule has 0 radical (unpaired) electrons. The van der Waals surface area contributed by atoms with Gasteiger partial charge in [0, 0.05) is 29.3 Å². The number of nitriles is 1. The fraction of sp³-hybridized carbons (Fsp3) is 0.353. The van der Waals surface area contributed by atoms with Gasteiger partial charge in [-0.1, -0.05) is 23.7 Å². The first-order valence-electron chi connectivity index (χ1n) is 15.8. The maximum Gasteiger partial charge on any atom is 0.319 e. The second-order valence-corrected chi connectivity index (χ2v) is 12.8. The predicted molar refractivity (Wildman–Crippen MR) is 189 cm³/mol. The van der Waals surface area contributed by atoms with Crippen molar-refractivity contribution in [1.29, 1.82) is 5.26 Å². The highest BCUT2D eigenvalue weighted by Gasteiger charge is 2.32. The molecule has 4 N–H and O–H groups in total. The number of nitrogens with two attached hydrogens (primary N) is 2. The molecule has 50 heavy (non-hydrogen) atoms. The van der Waals surface area contributed by atoms with Crippen LogP contribution >= 0.6 is 22.9 Å². The third-order valence-corrected chi connectivity index (χ3v) is 9.33. The van der Waals surface area contributed by atoms with E-state index in [1.165, 1.54) is 38.1 Å². The van der Waals surface area contributed by atoms with Crippen LogP contribution in [0.4, 0.5) is 34.2 Å². The number of nitrogen functional groups attached to an aromatic ring is 2. The van der Waals surface area contributed by atoms with Crippen molar-refractivity contribution in [3.05, 3.63) is 58.2 Å². The smallest absolute Gasteiger partial charge is 0.319 e. The zero-order valence-corrected chi connectivity index (χ0v) is 29.1. The second-order valence-electron chi connectivity index (χ2n) is 11.4. The van der Waals surface area contributed by atoms with E-state index < -0.39 is 18.1 Å². The van der Waals surface area contributed by atoms with Crippen LogP contribution in [0.5, 0.6) is 11.8 Å². The molecular formula is C34H35ClF4N8O2S. The Morgan fingerprint density at radius 3 is 2.46 bits per heavy atom. The van der Waals surface area contributed by atoms with Gasteiger partial charge in [-0.2, -0.15) is 15.2 Å². The molecule has 1 fully saturated rings. The summed E-state index contributed by atoms with van der Waals surface area (Å²) in [5, 5.41) is 10.2. The van der Waals surface area contributed by atoms with Gasteiger partial charge in [-0.05, 0) is 64.5 Å². The number of nitrogens with zero attached hydrogens (tertiary/aromatic N) is 6. The molecule has 0 atom stereocenters. The monoisotopic (exact) mass is 730 g/mol. The topological polar surface area (TPSA) is 139 Å². The highest BCUT2D eigenvalue weighted by molar-refractivity contribution is 7.23. The van der Waals surface area contributed by atoms with Gasteiger partial charge in [-0.25, -0.2) is 22.5 Å². The largest absolute Gasteiger partial charge is 0.489 e. The average Bonchev–Trinajstić information content (AvgIpc) is 3.65. The van der Waals surface area contributed by atoms with Crippen LogP contribution in [-0.2, 0) is 6.54 Å². The van der Waals surface area contributed by atoms with Gasteiger partial charge in [-0.15, -0.1) is 11.3 Å². The molecule has 0 unspecified atom stereocenters. The number of aromatic nitrogens is 3. The Hall–Kier alpha value is -4.65. The van der Waals surface area contributed by atoms with Gasteiger partial charge in [0.2, 0.25) is 6.43 Å². The van der Waals surface area contributed by atoms with Crippen molar-refractivity contribution in [3.8, 4) is 29.0 Å². The van der Waals surface area contributed by atoms with E-state index in [0.29, 0.717) is 24.7 Å². The van der Waals surface area contributed by atoms with Crippen molar-refractivity contribution >= 4 is 60.6 Å². The number of anilines is 3. The van der Waals surface area contributed by atoms with Crippen LogP contribution in [0.3, 0.4) is 0 Å². The van der Waals surface area contributed by atoms with E-state index in [1.54, 1.807) is 19.2 Å². The lowest BCUT2D eigenvalue weighted by atomic mass is 9.96. The number of thiophene rings is 1. The molecule has 0 aliphatic carbocycles. The number of benzene rings is 2. The van der Waals surface area contributed by atoms with Crippen molar-refractivity contribution in [2.75, 3.05) is 56.3 Å². The Morgan fingerprint density at radius 1 is 1.12 bits per heavy atom. The minimum atomic E-state index is -2.17. The van der Waals surface area contributed by atoms with Crippen molar-refractivity contribution in [3.63, 3.8) is 0 Å². The molecule has 2 aromatic carbocycles. The molecule has 0 saturated carbocycles. The van der Waals surface area contributed by atoms with Gasteiger partial charge in [-0.3, -0.25) is 0 Å². The summed E-state index contributed by atoms with van der Waals surface area (Å²) in [7, 11) is 2.17. The quantitative estimate of drug-likeness (QED) is 0.173. The molecule has 0 amide bonds. The summed E-state index contributed by atoms with van der Waals surface area (Å²) in [6.45, 7) is 6.31. The molecule has 1 saturated heterocycles. The maximum atomic E-state index is 16.6. The summed E-state index contributed by atoms with van der Waals surface area (Å²) < 4.78 is 63.9. The third-order valence-electron chi connectivity index (χ3n) is 7.94. The number of ether oxygens (including phenoxy) is 2. The lowest BCUT2D eigenvalue weighted by molar-refractivity contribution is 0.171. The zero-order valence-electron chi connectivity index (χ0n) is 27.6. The number of halogens is 5. The average molecular weight is 731 g/mol. The zero-order chi connectivity index (χ0) is 36.1. The van der Waals surface area contributed by atoms with Gasteiger partial charge in [0.05, 0.1) is 33.8 Å². The predicted octanol–water partition coefficient (Wildman–Crippen LogP) is 7.66. The molecule has 0 bridgehead atoms. The lowest BCUT2D eigenvalue weighted by Crippen LogP contribution is -2.28. The van der Waals surface area contributed by atoms with Crippen molar-refractivity contribution in [2.45, 2.75) is 39.7 Å². The summed E-state index contributed by atoms with van der Waals surface area (Å²) in [6.07, 6.45) is 2.25. The van der Waals surface area contributed by atoms with Gasteiger partial charge in [0.15, 0.2) is 11.6 Å². The highest BCUT2D eigenvalue weighted by atomic mass is 35.5. The molecule has 0 spiro atoms. The Bertz CT molecular complexity index is 2050. The Balaban J connectivity index is 0.000000423. The van der Waals surface area contributed by atoms with Gasteiger partial charge in [0.1, 0.15) is 40.6 Å². The van der Waals surface area contributed by atoms with Crippen molar-refractivity contribution in [1.82, 2.24) is 19.9 Å². The minimum absolute atomic E-state index is 0.0375. The minimum Gasteiger partial charge on any atom is -0.489 e. The van der Waals surface area contributed by atoms with Crippen LogP contribution in [0.2, 0.25) is 5.02 Å². The molecule has 16 heteroatoms. The van der Waals surface area contributed by atoms with E-state index >= 15 is 4.39 Å². The molecule has 3 aromatic heterocycles. The molecule has 10 nitrogen and oxygen atoms in total. The fourth-order valence-electron chi connectivity index (χ4n) is 5.72. The first kappa shape index (κ1) is 36.6. The van der Waals surface area contributed by atoms with Gasteiger partial charge >= 0.3 is 6.01 Å². The van der Waals surface area contributed by atoms with E-state index in [-0.39, 0.29) is 72.7 Å². The fourth-order valence-corrected chi connectivity index (χ4v) is 7.00. The van der Waals surface area contributed by atoms with Crippen LogP contribution in [0, 0.1) is 23.0 Å². The molecule has 2 aliphatic heterocycles. The third kappa shape index (κ3) is 7.57. The molecule has 2 aliphatic rings. The van der Waals surface area contributed by atoms with Crippen molar-refractivity contribution < 1.29 is 27.0 Å². The summed E-state index contributed by atoms with van der Waals surface area (Å²) in [5.41, 5.74) is 12.9. The first-order valence-corrected chi connectivity index (χ1v) is 17.0. The SMILES string of the molecule is CC(F)F.CCOc1nc2c3c(c(Cl)c(-c4ccc(F)c5sc(N)c(C#N)c45)c(F)c3n1)OCCN2Cc1cccnc1N.CN1CCCC1. The lowest BCUT2D eigenvalue weighted by Gasteiger charge is -2.23. The van der Waals surface area contributed by atoms with Gasteiger partial charge in [0.25, 0.3) is 0 Å². The summed E-state index contributed by atoms with van der Waals surface area (Å²) in [6, 6.07) is 8.12. The molecule has 5 heterocycles. The summed E-state index contributed by atoms with van der Waals surface area (Å²) in [4.78, 5) is 17.3. The van der Waals surface area contributed by atoms with Crippen molar-refractivity contribution in [2.24, 2.45) is 0 Å². The normalized spacial score (nSPS) is 14.0. The molecule has 7 rings (SSSR count). The van der Waals surface area contributed by atoms with E-state index in [1.807, 2.05) is 17.0 Å². The number of pyridine rings is 1. The van der Waals surface area contributed by atoms with E-state index in [2.05, 4.69) is 26.9 Å². The summed E-state index contributed by atoms with van der Waals surface area (Å²) in [5.74, 6) is -0.532. The standard InChI is InChI=1S/C27H20ClF2N7O2S.C5H11N.C2H4F2/c1-2-38-27-35-21-18-22(39-9-8-37(26(18)36-27)11-12-4-3-7-34-24(12)32)19(28)17(20(21)30)13-5-6-15(29)23-16(13)14(10-31)25(33)40-23;1-6-4-2-3-5-6;1-2(3)4/h3-7H,2,8-9,11,33H2,1H3,(H2,32,34);2-5H2,1H3;2H,1H3. The number of fused-ring (bicyclic) bond motifs is 1. The van der Waals surface area contributed by atoms with Crippen LogP contribution in [0.1, 0.15) is 37.8 Å². The number of alkyl halides is 2. The summed E-state index contributed by atoms with van der Waals surface area (Å²) >= 11 is 7.79. The van der Waals surface area contributed by atoms with Crippen LogP contribution < -0.4 is 25.8 Å². The number of rotatable bonds is 5. The molecule has 5 aromatic rings. The molecule has 264 valence electrons. The van der Waals surface area contributed by atoms with Gasteiger partial charge < -0.3 is 30.7 Å². The molecular weight excluding hydrogens is 696 g/mol. The van der Waals surface area contributed by atoms with Crippen LogP contribution in [0.15, 0.2) is 30.5 Å². The first-order chi connectivity index (χ1) is 24.0. The highest BCUT2D eigenvalue weighted by Crippen LogP contribution is 2.50. The Kier molecular flexibility index (Phi) is 11.7. The number of likely N-dealkylation sites (tertiary alicyclic amines) is 1. The maximum absolute atomic E-state index is 16.6. The van der Waals surface area contributed by atoms with E-state index in [4.69, 9.17) is 32.5 Å². The van der Waals surface area contributed by atoms with Crippen LogP contribution in [0.25, 0.3) is 32.1 Å². The Morgan fingerprint density at radius 2 is 1.84 bits per heavy atom. The van der Waals surface area contributed by atoms with E-state index in [0.717, 1.165) is 23.8 Å². The second kappa shape index (κ2) is 15.9. The number of hydrogen-bond donors (Lipinski definition) is 2. The Labute approximate surface area is 295 Å².